The molecule has 0 rings (SSSR count). The zero-order valence-electron chi connectivity index (χ0n) is 28.0. The van der Waals surface area contributed by atoms with Crippen LogP contribution in [0.4, 0.5) is 0 Å². The van der Waals surface area contributed by atoms with Crippen molar-refractivity contribution >= 4 is 7.82 Å². The van der Waals surface area contributed by atoms with Gasteiger partial charge in [-0.25, -0.2) is 4.57 Å². The van der Waals surface area contributed by atoms with Crippen molar-refractivity contribution in [3.63, 3.8) is 0 Å². The quantitative estimate of drug-likeness (QED) is 0.0691. The molecule has 272 valence electrons. The molecule has 0 fully saturated rings. The first-order valence-electron chi connectivity index (χ1n) is 17.0. The van der Waals surface area contributed by atoms with Crippen LogP contribution in [0.15, 0.2) is 0 Å². The number of ether oxygens (including phenoxy) is 9. The lowest BCUT2D eigenvalue weighted by atomic mass is 10.1. The molecular formula is C31H65O13P. The average Bonchev–Trinajstić information content (AvgIpc) is 3.01. The van der Waals surface area contributed by atoms with Gasteiger partial charge in [-0.2, -0.15) is 0 Å². The fourth-order valence-corrected chi connectivity index (χ4v) is 4.26. The summed E-state index contributed by atoms with van der Waals surface area (Å²) in [6, 6.07) is 0. The molecule has 45 heavy (non-hydrogen) atoms. The molecule has 0 saturated carbocycles. The summed E-state index contributed by atoms with van der Waals surface area (Å²) in [5.74, 6) is 0. The largest absolute Gasteiger partial charge is 0.469 e. The number of phosphoric ester groups is 1. The Morgan fingerprint density at radius 1 is 0.333 bits per heavy atom. The van der Waals surface area contributed by atoms with Gasteiger partial charge in [0.25, 0.3) is 0 Å². The molecule has 0 heterocycles. The molecule has 0 aliphatic rings. The van der Waals surface area contributed by atoms with E-state index in [2.05, 4.69) is 11.4 Å². The van der Waals surface area contributed by atoms with Crippen LogP contribution < -0.4 is 0 Å². The van der Waals surface area contributed by atoms with Gasteiger partial charge in [0, 0.05) is 6.61 Å². The summed E-state index contributed by atoms with van der Waals surface area (Å²) in [5.41, 5.74) is 0. The van der Waals surface area contributed by atoms with Crippen molar-refractivity contribution in [2.75, 3.05) is 126 Å². The van der Waals surface area contributed by atoms with E-state index in [9.17, 15) is 4.57 Å². The zero-order valence-corrected chi connectivity index (χ0v) is 28.9. The average molecular weight is 677 g/mol. The van der Waals surface area contributed by atoms with Crippen LogP contribution in [-0.2, 0) is 51.7 Å². The van der Waals surface area contributed by atoms with Crippen molar-refractivity contribution < 1.29 is 61.5 Å². The fraction of sp³-hybridized carbons (Fsp3) is 1.00. The van der Waals surface area contributed by atoms with Crippen LogP contribution in [0.25, 0.3) is 0 Å². The highest BCUT2D eigenvalue weighted by atomic mass is 31.2. The molecule has 0 atom stereocenters. The van der Waals surface area contributed by atoms with Crippen LogP contribution in [0, 0.1) is 0 Å². The van der Waals surface area contributed by atoms with E-state index in [4.69, 9.17) is 52.4 Å². The summed E-state index contributed by atoms with van der Waals surface area (Å²) in [6.45, 7) is 10.8. The molecule has 0 aliphatic heterocycles. The summed E-state index contributed by atoms with van der Waals surface area (Å²) >= 11 is 0. The van der Waals surface area contributed by atoms with Gasteiger partial charge in [0.15, 0.2) is 0 Å². The number of unbranched alkanes of at least 4 members (excludes halogenated alkanes) is 10. The van der Waals surface area contributed by atoms with Gasteiger partial charge in [-0.3, -0.25) is 4.52 Å². The lowest BCUT2D eigenvalue weighted by Crippen LogP contribution is -2.15. The van der Waals surface area contributed by atoms with E-state index in [0.717, 1.165) is 13.0 Å². The Morgan fingerprint density at radius 2 is 0.556 bits per heavy atom. The standard InChI is InChI=1S/C31H65O13P/c1-2-3-4-5-6-7-8-9-10-11-12-13-35-14-15-36-16-17-37-18-19-38-20-21-39-22-23-40-24-25-41-26-27-42-28-29-43-30-31-44-45(32,33)34/h2-31H2,1H3,(H2,32,33,34). The lowest BCUT2D eigenvalue weighted by molar-refractivity contribution is -0.0255. The lowest BCUT2D eigenvalue weighted by Gasteiger charge is -2.09. The Morgan fingerprint density at radius 3 is 0.822 bits per heavy atom. The van der Waals surface area contributed by atoms with Crippen LogP contribution in [0.1, 0.15) is 77.6 Å². The van der Waals surface area contributed by atoms with E-state index in [-0.39, 0.29) is 13.2 Å². The summed E-state index contributed by atoms with van der Waals surface area (Å²) < 4.78 is 63.6. The van der Waals surface area contributed by atoms with Gasteiger partial charge in [0.2, 0.25) is 0 Å². The highest BCUT2D eigenvalue weighted by Crippen LogP contribution is 2.35. The van der Waals surface area contributed by atoms with Gasteiger partial charge >= 0.3 is 7.82 Å². The maximum atomic E-state index is 10.5. The summed E-state index contributed by atoms with van der Waals surface area (Å²) in [7, 11) is -4.43. The first kappa shape index (κ1) is 44.8. The van der Waals surface area contributed by atoms with Gasteiger partial charge < -0.3 is 52.4 Å². The molecular weight excluding hydrogens is 611 g/mol. The van der Waals surface area contributed by atoms with Gasteiger partial charge in [-0.1, -0.05) is 71.1 Å². The third-order valence-electron chi connectivity index (χ3n) is 6.36. The van der Waals surface area contributed by atoms with E-state index < -0.39 is 7.82 Å². The van der Waals surface area contributed by atoms with Crippen molar-refractivity contribution in [3.05, 3.63) is 0 Å². The molecule has 0 amide bonds. The number of phosphoric acid groups is 1. The molecule has 0 unspecified atom stereocenters. The second kappa shape index (κ2) is 38.2. The third-order valence-corrected chi connectivity index (χ3v) is 6.87. The summed E-state index contributed by atoms with van der Waals surface area (Å²) in [6.07, 6.45) is 14.8. The molecule has 0 aromatic carbocycles. The molecule has 0 aromatic rings. The third kappa shape index (κ3) is 43.8. The molecule has 0 radical (unpaired) electrons. The van der Waals surface area contributed by atoms with Crippen LogP contribution in [0.2, 0.25) is 0 Å². The Kier molecular flexibility index (Phi) is 38.0. The van der Waals surface area contributed by atoms with Gasteiger partial charge in [-0.05, 0) is 6.42 Å². The van der Waals surface area contributed by atoms with E-state index in [0.29, 0.717) is 106 Å². The van der Waals surface area contributed by atoms with Crippen molar-refractivity contribution in [2.24, 2.45) is 0 Å². The smallest absolute Gasteiger partial charge is 0.379 e. The van der Waals surface area contributed by atoms with E-state index in [1.807, 2.05) is 0 Å². The monoisotopic (exact) mass is 676 g/mol. The first-order chi connectivity index (χ1) is 22.1. The Bertz CT molecular complexity index is 598. The van der Waals surface area contributed by atoms with Gasteiger partial charge in [0.05, 0.1) is 119 Å². The van der Waals surface area contributed by atoms with E-state index in [1.165, 1.54) is 64.2 Å². The maximum Gasteiger partial charge on any atom is 0.469 e. The molecule has 0 aliphatic carbocycles. The zero-order chi connectivity index (χ0) is 32.8. The minimum absolute atomic E-state index is 0.0842. The SMILES string of the molecule is CCCCCCCCCCCCCOCCOCCOCCOCCOCCOCCOCCOCCOCCOP(=O)(O)O. The van der Waals surface area contributed by atoms with Crippen molar-refractivity contribution in [2.45, 2.75) is 77.6 Å². The fourth-order valence-electron chi connectivity index (χ4n) is 3.94. The van der Waals surface area contributed by atoms with Crippen molar-refractivity contribution in [1.29, 1.82) is 0 Å². The Labute approximate surface area is 272 Å². The van der Waals surface area contributed by atoms with Crippen LogP contribution >= 0.6 is 7.82 Å². The number of hydrogen-bond acceptors (Lipinski definition) is 11. The second-order valence-electron chi connectivity index (χ2n) is 10.4. The molecule has 0 saturated heterocycles. The molecule has 0 aromatic heterocycles. The molecule has 0 bridgehead atoms. The van der Waals surface area contributed by atoms with Crippen molar-refractivity contribution in [3.8, 4) is 0 Å². The van der Waals surface area contributed by atoms with Crippen LogP contribution in [-0.4, -0.2) is 135 Å². The number of rotatable bonds is 40. The van der Waals surface area contributed by atoms with E-state index in [1.54, 1.807) is 0 Å². The Balaban J connectivity index is 3.05. The topological polar surface area (TPSA) is 150 Å². The molecule has 14 heteroatoms. The minimum Gasteiger partial charge on any atom is -0.379 e. The maximum absolute atomic E-state index is 10.5. The Hall–Kier alpha value is -0.250. The van der Waals surface area contributed by atoms with Gasteiger partial charge in [0.1, 0.15) is 0 Å². The minimum atomic E-state index is -4.43. The highest BCUT2D eigenvalue weighted by Gasteiger charge is 2.12. The molecule has 0 spiro atoms. The van der Waals surface area contributed by atoms with Crippen LogP contribution in [0.5, 0.6) is 0 Å². The second-order valence-corrected chi connectivity index (χ2v) is 11.6. The van der Waals surface area contributed by atoms with Crippen LogP contribution in [0.3, 0.4) is 0 Å². The van der Waals surface area contributed by atoms with Gasteiger partial charge in [-0.15, -0.1) is 0 Å². The first-order valence-corrected chi connectivity index (χ1v) is 18.5. The highest BCUT2D eigenvalue weighted by molar-refractivity contribution is 7.46. The summed E-state index contributed by atoms with van der Waals surface area (Å²) in [4.78, 5) is 17.0. The predicted molar refractivity (Wildman–Crippen MR) is 172 cm³/mol. The summed E-state index contributed by atoms with van der Waals surface area (Å²) in [5, 5.41) is 0. The molecule has 13 nitrogen and oxygen atoms in total. The predicted octanol–water partition coefficient (Wildman–Crippen LogP) is 4.56. The van der Waals surface area contributed by atoms with E-state index >= 15 is 0 Å². The number of hydrogen-bond donors (Lipinski definition) is 2. The van der Waals surface area contributed by atoms with Crippen molar-refractivity contribution in [1.82, 2.24) is 0 Å². The normalized spacial score (nSPS) is 12.0. The molecule has 2 N–H and O–H groups in total.